The molecule has 4 rings (SSSR count). The fourth-order valence-electron chi connectivity index (χ4n) is 3.06. The van der Waals surface area contributed by atoms with E-state index in [-0.39, 0.29) is 11.9 Å². The highest BCUT2D eigenvalue weighted by molar-refractivity contribution is 6.00. The van der Waals surface area contributed by atoms with Crippen molar-refractivity contribution in [3.8, 4) is 11.5 Å². The summed E-state index contributed by atoms with van der Waals surface area (Å²) >= 11 is 0. The molecule has 2 aromatic rings. The van der Waals surface area contributed by atoms with Crippen LogP contribution in [0.25, 0.3) is 0 Å². The van der Waals surface area contributed by atoms with Crippen LogP contribution in [0.1, 0.15) is 27.9 Å². The second kappa shape index (κ2) is 4.92. The van der Waals surface area contributed by atoms with Crippen LogP contribution in [-0.4, -0.2) is 18.5 Å². The van der Waals surface area contributed by atoms with Crippen LogP contribution in [-0.2, 0) is 12.8 Å². The van der Waals surface area contributed by atoms with Crippen molar-refractivity contribution in [3.63, 3.8) is 0 Å². The molecule has 0 spiro atoms. The number of ether oxygens (including phenoxy) is 2. The summed E-state index contributed by atoms with van der Waals surface area (Å²) in [4.78, 5) is 11.6. The molecule has 2 aliphatic rings. The van der Waals surface area contributed by atoms with E-state index < -0.39 is 0 Å². The van der Waals surface area contributed by atoms with Gasteiger partial charge in [0, 0.05) is 18.4 Å². The predicted molar refractivity (Wildman–Crippen MR) is 79.2 cm³/mol. The first-order chi connectivity index (χ1) is 10.3. The van der Waals surface area contributed by atoms with E-state index in [1.807, 2.05) is 36.4 Å². The first-order valence-corrected chi connectivity index (χ1v) is 7.33. The highest BCUT2D eigenvalue weighted by Gasteiger charge is 2.23. The fourth-order valence-corrected chi connectivity index (χ4v) is 3.06. The average molecular weight is 280 g/mol. The number of fused-ring (bicyclic) bond motifs is 2. The molecular formula is C18H16O3. The van der Waals surface area contributed by atoms with E-state index in [0.717, 1.165) is 35.5 Å². The quantitative estimate of drug-likeness (QED) is 0.866. The molecule has 1 atom stereocenters. The molecule has 1 heterocycles. The van der Waals surface area contributed by atoms with Gasteiger partial charge in [0.2, 0.25) is 0 Å². The van der Waals surface area contributed by atoms with Crippen LogP contribution in [0, 0.1) is 0 Å². The number of aryl methyl sites for hydroxylation is 1. The zero-order valence-electron chi connectivity index (χ0n) is 11.7. The number of para-hydroxylation sites is 1. The van der Waals surface area contributed by atoms with Crippen molar-refractivity contribution in [3.05, 3.63) is 59.2 Å². The third kappa shape index (κ3) is 2.29. The minimum Gasteiger partial charge on any atom is -0.490 e. The fraction of sp³-hybridized carbons (Fsp3) is 0.278. The van der Waals surface area contributed by atoms with Gasteiger partial charge >= 0.3 is 0 Å². The molecular weight excluding hydrogens is 264 g/mol. The van der Waals surface area contributed by atoms with Crippen molar-refractivity contribution in [1.29, 1.82) is 0 Å². The molecule has 0 saturated heterocycles. The second-order valence-electron chi connectivity index (χ2n) is 5.60. The monoisotopic (exact) mass is 280 g/mol. The Morgan fingerprint density at radius 2 is 2.00 bits per heavy atom. The van der Waals surface area contributed by atoms with Gasteiger partial charge in [-0.15, -0.1) is 0 Å². The molecule has 0 amide bonds. The molecule has 1 aliphatic carbocycles. The van der Waals surface area contributed by atoms with Gasteiger partial charge in [0.15, 0.2) is 5.78 Å². The average Bonchev–Trinajstić information content (AvgIpc) is 3.08. The van der Waals surface area contributed by atoms with E-state index in [0.29, 0.717) is 13.0 Å². The summed E-state index contributed by atoms with van der Waals surface area (Å²) in [6.07, 6.45) is 2.41. The number of ketones is 1. The van der Waals surface area contributed by atoms with E-state index >= 15 is 0 Å². The maximum atomic E-state index is 11.6. The molecule has 0 aromatic heterocycles. The summed E-state index contributed by atoms with van der Waals surface area (Å²) in [6, 6.07) is 13.9. The molecule has 2 aromatic carbocycles. The highest BCUT2D eigenvalue weighted by atomic mass is 16.5. The Morgan fingerprint density at radius 3 is 2.90 bits per heavy atom. The Kier molecular flexibility index (Phi) is 2.92. The number of benzene rings is 2. The van der Waals surface area contributed by atoms with Crippen molar-refractivity contribution in [2.75, 3.05) is 6.61 Å². The predicted octanol–water partition coefficient (Wildman–Crippen LogP) is 3.20. The van der Waals surface area contributed by atoms with E-state index in [4.69, 9.17) is 9.47 Å². The number of hydrogen-bond donors (Lipinski definition) is 0. The Hall–Kier alpha value is -2.29. The van der Waals surface area contributed by atoms with E-state index in [9.17, 15) is 4.79 Å². The summed E-state index contributed by atoms with van der Waals surface area (Å²) in [5, 5.41) is 0. The SMILES string of the molecule is O=C1CCc2cc(OCC3Cc4ccccc4O3)ccc21. The van der Waals surface area contributed by atoms with E-state index in [1.54, 1.807) is 0 Å². The molecule has 0 radical (unpaired) electrons. The van der Waals surface area contributed by atoms with Gasteiger partial charge in [0.05, 0.1) is 0 Å². The molecule has 0 fully saturated rings. The Labute approximate surface area is 123 Å². The molecule has 21 heavy (non-hydrogen) atoms. The standard InChI is InChI=1S/C18H16O3/c19-17-8-5-12-9-14(6-7-16(12)17)20-11-15-10-13-3-1-2-4-18(13)21-15/h1-4,6-7,9,15H,5,8,10-11H2. The smallest absolute Gasteiger partial charge is 0.163 e. The number of hydrogen-bond acceptors (Lipinski definition) is 3. The van der Waals surface area contributed by atoms with E-state index in [1.165, 1.54) is 5.56 Å². The largest absolute Gasteiger partial charge is 0.490 e. The molecule has 0 N–H and O–H groups in total. The maximum Gasteiger partial charge on any atom is 0.163 e. The lowest BCUT2D eigenvalue weighted by Gasteiger charge is -2.13. The van der Waals surface area contributed by atoms with Gasteiger partial charge in [-0.2, -0.15) is 0 Å². The summed E-state index contributed by atoms with van der Waals surface area (Å²) in [5.41, 5.74) is 3.20. The van der Waals surface area contributed by atoms with Crippen LogP contribution in [0.15, 0.2) is 42.5 Å². The minimum absolute atomic E-state index is 0.0669. The summed E-state index contributed by atoms with van der Waals surface area (Å²) < 4.78 is 11.7. The minimum atomic E-state index is 0.0669. The Bertz CT molecular complexity index is 680. The van der Waals surface area contributed by atoms with Crippen LogP contribution >= 0.6 is 0 Å². The molecule has 0 saturated carbocycles. The van der Waals surface area contributed by atoms with Gasteiger partial charge in [-0.1, -0.05) is 18.2 Å². The molecule has 3 heteroatoms. The van der Waals surface area contributed by atoms with Crippen molar-refractivity contribution in [1.82, 2.24) is 0 Å². The van der Waals surface area contributed by atoms with Crippen molar-refractivity contribution >= 4 is 5.78 Å². The lowest BCUT2D eigenvalue weighted by Crippen LogP contribution is -2.22. The van der Waals surface area contributed by atoms with Crippen molar-refractivity contribution in [2.45, 2.75) is 25.4 Å². The highest BCUT2D eigenvalue weighted by Crippen LogP contribution is 2.29. The molecule has 0 bridgehead atoms. The lowest BCUT2D eigenvalue weighted by molar-refractivity contribution is 0.0994. The van der Waals surface area contributed by atoms with Crippen LogP contribution in [0.2, 0.25) is 0 Å². The first-order valence-electron chi connectivity index (χ1n) is 7.33. The normalized spacial score (nSPS) is 19.0. The zero-order valence-corrected chi connectivity index (χ0v) is 11.7. The third-order valence-corrected chi connectivity index (χ3v) is 4.15. The van der Waals surface area contributed by atoms with Gasteiger partial charge in [-0.3, -0.25) is 4.79 Å². The van der Waals surface area contributed by atoms with Gasteiger partial charge in [-0.25, -0.2) is 0 Å². The van der Waals surface area contributed by atoms with Gasteiger partial charge in [-0.05, 0) is 41.8 Å². The van der Waals surface area contributed by atoms with Crippen LogP contribution in [0.5, 0.6) is 11.5 Å². The summed E-state index contributed by atoms with van der Waals surface area (Å²) in [5.74, 6) is 2.03. The number of carbonyl (C=O) groups is 1. The van der Waals surface area contributed by atoms with Gasteiger partial charge in [0.1, 0.15) is 24.2 Å². The first kappa shape index (κ1) is 12.5. The number of rotatable bonds is 3. The maximum absolute atomic E-state index is 11.6. The number of carbonyl (C=O) groups excluding carboxylic acids is 1. The van der Waals surface area contributed by atoms with Crippen molar-refractivity contribution < 1.29 is 14.3 Å². The zero-order chi connectivity index (χ0) is 14.2. The lowest BCUT2D eigenvalue weighted by atomic mass is 10.1. The van der Waals surface area contributed by atoms with Gasteiger partial charge < -0.3 is 9.47 Å². The van der Waals surface area contributed by atoms with E-state index in [2.05, 4.69) is 6.07 Å². The molecule has 1 unspecified atom stereocenters. The van der Waals surface area contributed by atoms with Crippen molar-refractivity contribution in [2.24, 2.45) is 0 Å². The van der Waals surface area contributed by atoms with Crippen LogP contribution in [0.4, 0.5) is 0 Å². The summed E-state index contributed by atoms with van der Waals surface area (Å²) in [7, 11) is 0. The summed E-state index contributed by atoms with van der Waals surface area (Å²) in [6.45, 7) is 0.529. The molecule has 3 nitrogen and oxygen atoms in total. The number of Topliss-reactive ketones (excluding diaryl/α,β-unsaturated/α-hetero) is 1. The molecule has 106 valence electrons. The van der Waals surface area contributed by atoms with Gasteiger partial charge in [0.25, 0.3) is 0 Å². The Balaban J connectivity index is 1.41. The topological polar surface area (TPSA) is 35.5 Å². The molecule has 1 aliphatic heterocycles. The second-order valence-corrected chi connectivity index (χ2v) is 5.60. The van der Waals surface area contributed by atoms with Crippen LogP contribution in [0.3, 0.4) is 0 Å². The Morgan fingerprint density at radius 1 is 1.10 bits per heavy atom. The third-order valence-electron chi connectivity index (χ3n) is 4.15. The van der Waals surface area contributed by atoms with Crippen LogP contribution < -0.4 is 9.47 Å².